The predicted molar refractivity (Wildman–Crippen MR) is 114 cm³/mol. The van der Waals surface area contributed by atoms with E-state index in [4.69, 9.17) is 0 Å². The average Bonchev–Trinajstić information content (AvgIpc) is 3.38. The molecule has 0 aromatic carbocycles. The highest BCUT2D eigenvalue weighted by Crippen LogP contribution is 2.28. The monoisotopic (exact) mass is 423 g/mol. The molecule has 3 aromatic rings. The van der Waals surface area contributed by atoms with Crippen LogP contribution in [0.2, 0.25) is 0 Å². The molecule has 1 saturated carbocycles. The van der Waals surface area contributed by atoms with Crippen LogP contribution >= 0.6 is 0 Å². The van der Waals surface area contributed by atoms with Crippen LogP contribution in [0.5, 0.6) is 0 Å². The standard InChI is InChI=1S/C23H26FN5O2/c24-17-8-9-19(26-13-17)22(30)27-12-10-18(15-27)29-21-20(7-4-11-25-21)28(23(29)31)14-16-5-2-1-3-6-16/h4,7-9,11,13,16,18H,1-3,5-6,10,12,14-15H2/t18-/m1/s1. The summed E-state index contributed by atoms with van der Waals surface area (Å²) in [5.74, 6) is -0.189. The number of rotatable bonds is 4. The summed E-state index contributed by atoms with van der Waals surface area (Å²) in [5, 5.41) is 0. The molecule has 162 valence electrons. The molecule has 0 spiro atoms. The summed E-state index contributed by atoms with van der Waals surface area (Å²) in [4.78, 5) is 36.4. The number of aromatic nitrogens is 4. The van der Waals surface area contributed by atoms with Gasteiger partial charge in [-0.05, 0) is 49.4 Å². The molecule has 0 N–H and O–H groups in total. The topological polar surface area (TPSA) is 73.0 Å². The van der Waals surface area contributed by atoms with Crippen molar-refractivity contribution >= 4 is 17.1 Å². The molecular formula is C23H26FN5O2. The van der Waals surface area contributed by atoms with Crippen molar-refractivity contribution < 1.29 is 9.18 Å². The van der Waals surface area contributed by atoms with Crippen molar-refractivity contribution in [2.24, 2.45) is 5.92 Å². The Morgan fingerprint density at radius 1 is 1.10 bits per heavy atom. The molecule has 1 atom stereocenters. The minimum Gasteiger partial charge on any atom is -0.335 e. The minimum atomic E-state index is -0.473. The third-order valence-corrected chi connectivity index (χ3v) is 6.65. The first-order valence-electron chi connectivity index (χ1n) is 11.1. The maximum absolute atomic E-state index is 13.5. The molecule has 1 aliphatic carbocycles. The van der Waals surface area contributed by atoms with Crippen molar-refractivity contribution in [1.82, 2.24) is 24.0 Å². The zero-order chi connectivity index (χ0) is 21.4. The van der Waals surface area contributed by atoms with Crippen molar-refractivity contribution in [3.63, 3.8) is 0 Å². The van der Waals surface area contributed by atoms with Crippen LogP contribution < -0.4 is 5.69 Å². The molecule has 1 saturated heterocycles. The summed E-state index contributed by atoms with van der Waals surface area (Å²) in [7, 11) is 0. The molecule has 1 amide bonds. The van der Waals surface area contributed by atoms with E-state index in [0.717, 1.165) is 31.1 Å². The predicted octanol–water partition coefficient (Wildman–Crippen LogP) is 3.40. The van der Waals surface area contributed by atoms with Crippen molar-refractivity contribution in [1.29, 1.82) is 0 Å². The highest BCUT2D eigenvalue weighted by Gasteiger charge is 2.32. The quantitative estimate of drug-likeness (QED) is 0.645. The fourth-order valence-corrected chi connectivity index (χ4v) is 5.04. The van der Waals surface area contributed by atoms with E-state index in [2.05, 4.69) is 9.97 Å². The van der Waals surface area contributed by atoms with E-state index in [9.17, 15) is 14.0 Å². The Balaban J connectivity index is 1.42. The third kappa shape index (κ3) is 3.75. The molecule has 0 radical (unpaired) electrons. The molecule has 7 nitrogen and oxygen atoms in total. The highest BCUT2D eigenvalue weighted by atomic mass is 19.1. The summed E-state index contributed by atoms with van der Waals surface area (Å²) in [5.41, 5.74) is 1.72. The molecule has 2 aliphatic rings. The van der Waals surface area contributed by atoms with Crippen molar-refractivity contribution in [2.45, 2.75) is 51.1 Å². The second-order valence-electron chi connectivity index (χ2n) is 8.67. The van der Waals surface area contributed by atoms with Gasteiger partial charge in [0.15, 0.2) is 5.65 Å². The molecule has 4 heterocycles. The SMILES string of the molecule is O=C(c1ccc(F)cn1)N1CC[C@@H](n2c(=O)n(CC3CCCCC3)c3cccnc32)C1. The van der Waals surface area contributed by atoms with E-state index in [1.54, 1.807) is 15.7 Å². The van der Waals surface area contributed by atoms with Crippen molar-refractivity contribution in [2.75, 3.05) is 13.1 Å². The van der Waals surface area contributed by atoms with Gasteiger partial charge in [-0.15, -0.1) is 0 Å². The Hall–Kier alpha value is -3.03. The van der Waals surface area contributed by atoms with Gasteiger partial charge < -0.3 is 4.90 Å². The molecule has 3 aromatic heterocycles. The zero-order valence-electron chi connectivity index (χ0n) is 17.4. The number of nitrogens with zero attached hydrogens (tertiary/aromatic N) is 5. The summed E-state index contributed by atoms with van der Waals surface area (Å²) >= 11 is 0. The number of fused-ring (bicyclic) bond motifs is 1. The van der Waals surface area contributed by atoms with Gasteiger partial charge in [0.1, 0.15) is 11.5 Å². The fraction of sp³-hybridized carbons (Fsp3) is 0.478. The van der Waals surface area contributed by atoms with Crippen LogP contribution in [0.1, 0.15) is 55.1 Å². The highest BCUT2D eigenvalue weighted by molar-refractivity contribution is 5.92. The molecule has 5 rings (SSSR count). The largest absolute Gasteiger partial charge is 0.335 e. The van der Waals surface area contributed by atoms with E-state index < -0.39 is 5.82 Å². The van der Waals surface area contributed by atoms with E-state index in [1.165, 1.54) is 31.4 Å². The van der Waals surface area contributed by atoms with Gasteiger partial charge >= 0.3 is 5.69 Å². The van der Waals surface area contributed by atoms with Gasteiger partial charge in [-0.2, -0.15) is 0 Å². The van der Waals surface area contributed by atoms with Gasteiger partial charge in [0.05, 0.1) is 17.8 Å². The minimum absolute atomic E-state index is 0.0431. The number of halogens is 1. The number of pyridine rings is 2. The zero-order valence-corrected chi connectivity index (χ0v) is 17.4. The molecule has 2 fully saturated rings. The Kier molecular flexibility index (Phi) is 5.29. The lowest BCUT2D eigenvalue weighted by atomic mass is 9.89. The van der Waals surface area contributed by atoms with Crippen molar-refractivity contribution in [3.8, 4) is 0 Å². The normalized spacial score (nSPS) is 19.9. The average molecular weight is 423 g/mol. The van der Waals surface area contributed by atoms with Crippen LogP contribution in [0.25, 0.3) is 11.2 Å². The first kappa shape index (κ1) is 19.9. The van der Waals surface area contributed by atoms with Gasteiger partial charge in [0.25, 0.3) is 5.91 Å². The fourth-order valence-electron chi connectivity index (χ4n) is 5.04. The molecule has 0 unspecified atom stereocenters. The number of amides is 1. The lowest BCUT2D eigenvalue weighted by Crippen LogP contribution is -2.33. The maximum Gasteiger partial charge on any atom is 0.330 e. The lowest BCUT2D eigenvalue weighted by molar-refractivity contribution is 0.0781. The van der Waals surface area contributed by atoms with Gasteiger partial charge in [0.2, 0.25) is 0 Å². The second-order valence-corrected chi connectivity index (χ2v) is 8.67. The van der Waals surface area contributed by atoms with Gasteiger partial charge in [-0.1, -0.05) is 19.3 Å². The van der Waals surface area contributed by atoms with Crippen LogP contribution in [0.3, 0.4) is 0 Å². The number of hydrogen-bond acceptors (Lipinski definition) is 4. The summed E-state index contributed by atoms with van der Waals surface area (Å²) < 4.78 is 16.8. The molecule has 31 heavy (non-hydrogen) atoms. The molecule has 1 aliphatic heterocycles. The number of imidazole rings is 1. The summed E-state index contributed by atoms with van der Waals surface area (Å²) in [6.07, 6.45) is 9.50. The van der Waals surface area contributed by atoms with Crippen LogP contribution in [0.15, 0.2) is 41.5 Å². The first-order valence-corrected chi connectivity index (χ1v) is 11.1. The van der Waals surface area contributed by atoms with Crippen LogP contribution in [-0.4, -0.2) is 43.0 Å². The summed E-state index contributed by atoms with van der Waals surface area (Å²) in [6.45, 7) is 1.66. The third-order valence-electron chi connectivity index (χ3n) is 6.65. The van der Waals surface area contributed by atoms with Crippen molar-refractivity contribution in [3.05, 3.63) is 58.7 Å². The second kappa shape index (κ2) is 8.24. The van der Waals surface area contributed by atoms with Crippen LogP contribution in [0.4, 0.5) is 4.39 Å². The van der Waals surface area contributed by atoms with E-state index >= 15 is 0 Å². The van der Waals surface area contributed by atoms with Crippen LogP contribution in [0, 0.1) is 11.7 Å². The lowest BCUT2D eigenvalue weighted by Gasteiger charge is -2.21. The van der Waals surface area contributed by atoms with Gasteiger partial charge in [0, 0.05) is 25.8 Å². The maximum atomic E-state index is 13.5. The summed E-state index contributed by atoms with van der Waals surface area (Å²) in [6, 6.07) is 6.33. The van der Waals surface area contributed by atoms with E-state index in [0.29, 0.717) is 31.1 Å². The number of hydrogen-bond donors (Lipinski definition) is 0. The Morgan fingerprint density at radius 2 is 1.94 bits per heavy atom. The Bertz CT molecular complexity index is 1150. The molecule has 8 heteroatoms. The van der Waals surface area contributed by atoms with Gasteiger partial charge in [-0.3, -0.25) is 13.9 Å². The number of likely N-dealkylation sites (tertiary alicyclic amines) is 1. The number of carbonyl (C=O) groups is 1. The van der Waals surface area contributed by atoms with Gasteiger partial charge in [-0.25, -0.2) is 19.2 Å². The smallest absolute Gasteiger partial charge is 0.330 e. The Morgan fingerprint density at radius 3 is 2.71 bits per heavy atom. The van der Waals surface area contributed by atoms with E-state index in [1.807, 2.05) is 16.7 Å². The first-order chi connectivity index (χ1) is 15.1. The van der Waals surface area contributed by atoms with E-state index in [-0.39, 0.29) is 23.3 Å². The number of carbonyl (C=O) groups excluding carboxylic acids is 1. The Labute approximate surface area is 179 Å². The molecule has 0 bridgehead atoms. The van der Waals surface area contributed by atoms with Crippen LogP contribution in [-0.2, 0) is 6.54 Å². The molecular weight excluding hydrogens is 397 g/mol.